The van der Waals surface area contributed by atoms with Gasteiger partial charge < -0.3 is 4.42 Å². The molecule has 33 heavy (non-hydrogen) atoms. The topological polar surface area (TPSA) is 118 Å². The first-order valence-corrected chi connectivity index (χ1v) is 13.2. The quantitative estimate of drug-likeness (QED) is 0.380. The summed E-state index contributed by atoms with van der Waals surface area (Å²) in [6.45, 7) is 16.5. The molecule has 2 aromatic heterocycles. The number of thiazole rings is 1. The molecule has 0 amide bonds. The van der Waals surface area contributed by atoms with Crippen molar-refractivity contribution in [1.29, 1.82) is 0 Å². The number of aryl methyl sites for hydroxylation is 1. The Morgan fingerprint density at radius 2 is 1.42 bits per heavy atom. The monoisotopic (exact) mass is 495 g/mol. The number of carbonyl (C=O) groups excluding carboxylic acids is 3. The number of furan rings is 1. The number of aromatic nitrogens is 1. The van der Waals surface area contributed by atoms with Crippen LogP contribution >= 0.6 is 18.8 Å². The van der Waals surface area contributed by atoms with Crippen LogP contribution in [0.2, 0.25) is 0 Å². The van der Waals surface area contributed by atoms with Crippen LogP contribution in [0.5, 0.6) is 0 Å². The van der Waals surface area contributed by atoms with Gasteiger partial charge in [0.25, 0.3) is 7.44 Å². The van der Waals surface area contributed by atoms with Gasteiger partial charge in [-0.2, -0.15) is 0 Å². The van der Waals surface area contributed by atoms with Gasteiger partial charge >= 0.3 is 0 Å². The molecule has 2 heterocycles. The molecule has 0 spiro atoms. The van der Waals surface area contributed by atoms with Crippen LogP contribution in [0.15, 0.2) is 16.5 Å². The molecular weight excluding hydrogens is 461 g/mol. The maximum Gasteiger partial charge on any atom is 0.276 e. The van der Waals surface area contributed by atoms with Gasteiger partial charge in [-0.15, -0.1) is 11.3 Å². The summed E-state index contributed by atoms with van der Waals surface area (Å²) in [5.41, 5.74) is -2.52. The number of carbonyl (C=O) groups is 3. The Labute approximate surface area is 199 Å². The zero-order valence-corrected chi connectivity index (χ0v) is 22.7. The Morgan fingerprint density at radius 1 is 0.939 bits per heavy atom. The number of nitrogens with zero attached hydrogens (tertiary/aromatic N) is 1. The standard InChI is InChI=1S/C23H34N3O5PS/c1-13(27)22(7,8)25-32(30,26-23(9,10)14(2)28)17-12-11-16(31-17)18-19(33-15(3)24-18)20(29)21(4,5)6/h11-12H,1-10H3,(H2,25,26,30). The summed E-state index contributed by atoms with van der Waals surface area (Å²) in [5.74, 6) is -0.252. The molecule has 0 aliphatic heterocycles. The van der Waals surface area contributed by atoms with Crippen LogP contribution < -0.4 is 15.7 Å². The summed E-state index contributed by atoms with van der Waals surface area (Å²) in [5, 5.41) is 6.48. The van der Waals surface area contributed by atoms with E-state index in [-0.39, 0.29) is 28.6 Å². The van der Waals surface area contributed by atoms with Gasteiger partial charge in [0.1, 0.15) is 22.1 Å². The van der Waals surface area contributed by atoms with E-state index < -0.39 is 23.9 Å². The van der Waals surface area contributed by atoms with E-state index in [1.807, 2.05) is 20.8 Å². The number of hydrogen-bond donors (Lipinski definition) is 2. The summed E-state index contributed by atoms with van der Waals surface area (Å²) in [4.78, 5) is 42.2. The third-order valence-corrected chi connectivity index (χ3v) is 8.97. The highest BCUT2D eigenvalue weighted by atomic mass is 32.1. The van der Waals surface area contributed by atoms with E-state index in [0.29, 0.717) is 15.6 Å². The highest BCUT2D eigenvalue weighted by Crippen LogP contribution is 2.43. The molecule has 0 aliphatic carbocycles. The second kappa shape index (κ2) is 9.02. The lowest BCUT2D eigenvalue weighted by Gasteiger charge is -2.34. The Hall–Kier alpha value is -1.93. The van der Waals surface area contributed by atoms with Gasteiger partial charge in [0.05, 0.1) is 16.1 Å². The third-order valence-electron chi connectivity index (χ3n) is 5.39. The second-order valence-corrected chi connectivity index (χ2v) is 13.6. The predicted molar refractivity (Wildman–Crippen MR) is 131 cm³/mol. The fourth-order valence-corrected chi connectivity index (χ4v) is 6.55. The molecule has 0 saturated heterocycles. The molecule has 0 unspecified atom stereocenters. The van der Waals surface area contributed by atoms with Gasteiger partial charge in [-0.1, -0.05) is 20.8 Å². The van der Waals surface area contributed by atoms with Crippen molar-refractivity contribution in [2.45, 2.75) is 80.3 Å². The molecule has 0 aromatic carbocycles. The molecule has 2 N–H and O–H groups in total. The summed E-state index contributed by atoms with van der Waals surface area (Å²) in [7, 11) is -3.80. The van der Waals surface area contributed by atoms with E-state index in [0.717, 1.165) is 0 Å². The first-order valence-electron chi connectivity index (χ1n) is 10.6. The number of hydrogen-bond acceptors (Lipinski definition) is 7. The first-order chi connectivity index (χ1) is 14.8. The van der Waals surface area contributed by atoms with Crippen molar-refractivity contribution in [2.75, 3.05) is 0 Å². The van der Waals surface area contributed by atoms with Gasteiger partial charge in [-0.3, -0.25) is 18.9 Å². The van der Waals surface area contributed by atoms with Crippen molar-refractivity contribution >= 4 is 41.6 Å². The average Bonchev–Trinajstić information content (AvgIpc) is 3.25. The lowest BCUT2D eigenvalue weighted by Crippen LogP contribution is -2.53. The molecule has 2 rings (SSSR count). The van der Waals surface area contributed by atoms with Crippen LogP contribution in [0, 0.1) is 12.3 Å². The Morgan fingerprint density at radius 3 is 1.85 bits per heavy atom. The van der Waals surface area contributed by atoms with Crippen LogP contribution in [0.4, 0.5) is 0 Å². The van der Waals surface area contributed by atoms with Crippen molar-refractivity contribution in [2.24, 2.45) is 5.41 Å². The van der Waals surface area contributed by atoms with E-state index >= 15 is 0 Å². The molecule has 0 saturated carbocycles. The minimum Gasteiger partial charge on any atom is -0.449 e. The van der Waals surface area contributed by atoms with Gasteiger partial charge in [-0.25, -0.2) is 15.2 Å². The zero-order chi connectivity index (χ0) is 25.6. The lowest BCUT2D eigenvalue weighted by molar-refractivity contribution is -0.121. The average molecular weight is 496 g/mol. The molecule has 8 nitrogen and oxygen atoms in total. The molecule has 0 fully saturated rings. The van der Waals surface area contributed by atoms with E-state index in [1.165, 1.54) is 31.3 Å². The molecular formula is C23H34N3O5PS. The number of rotatable bonds is 9. The van der Waals surface area contributed by atoms with E-state index in [1.54, 1.807) is 40.7 Å². The number of nitrogens with one attached hydrogen (secondary N) is 2. The molecule has 0 radical (unpaired) electrons. The van der Waals surface area contributed by atoms with E-state index in [9.17, 15) is 18.9 Å². The molecule has 0 atom stereocenters. The van der Waals surface area contributed by atoms with Gasteiger partial charge in [0.2, 0.25) is 0 Å². The zero-order valence-electron chi connectivity index (χ0n) is 21.0. The van der Waals surface area contributed by atoms with Crippen LogP contribution in [0.3, 0.4) is 0 Å². The highest BCUT2D eigenvalue weighted by Gasteiger charge is 2.42. The molecule has 0 aliphatic rings. The molecule has 0 bridgehead atoms. The van der Waals surface area contributed by atoms with E-state index in [2.05, 4.69) is 15.2 Å². The summed E-state index contributed by atoms with van der Waals surface area (Å²) in [6, 6.07) is 3.11. The summed E-state index contributed by atoms with van der Waals surface area (Å²) >= 11 is 1.28. The summed E-state index contributed by atoms with van der Waals surface area (Å²) in [6.07, 6.45) is 0. The van der Waals surface area contributed by atoms with Crippen molar-refractivity contribution in [3.63, 3.8) is 0 Å². The van der Waals surface area contributed by atoms with Crippen molar-refractivity contribution < 1.29 is 23.4 Å². The minimum atomic E-state index is -3.80. The van der Waals surface area contributed by atoms with Crippen molar-refractivity contribution in [1.82, 2.24) is 15.2 Å². The van der Waals surface area contributed by atoms with E-state index in [4.69, 9.17) is 4.42 Å². The normalized spacial score (nSPS) is 13.3. The largest absolute Gasteiger partial charge is 0.449 e. The van der Waals surface area contributed by atoms with Gasteiger partial charge in [0, 0.05) is 5.41 Å². The minimum absolute atomic E-state index is 0.0287. The maximum atomic E-state index is 14.2. The fourth-order valence-electron chi connectivity index (χ4n) is 2.80. The van der Waals surface area contributed by atoms with Crippen LogP contribution in [-0.2, 0) is 14.2 Å². The third kappa shape index (κ3) is 5.96. The Bertz CT molecular complexity index is 1110. The predicted octanol–water partition coefficient (Wildman–Crippen LogP) is 4.67. The van der Waals surface area contributed by atoms with Gasteiger partial charge in [-0.05, 0) is 60.6 Å². The highest BCUT2D eigenvalue weighted by molar-refractivity contribution is 7.67. The molecule has 10 heteroatoms. The smallest absolute Gasteiger partial charge is 0.276 e. The van der Waals surface area contributed by atoms with Crippen molar-refractivity contribution in [3.05, 3.63) is 22.0 Å². The Balaban J connectivity index is 2.62. The first kappa shape index (κ1) is 27.3. The molecule has 182 valence electrons. The van der Waals surface area contributed by atoms with Crippen LogP contribution in [0.1, 0.15) is 77.0 Å². The number of ketones is 3. The SMILES string of the molecule is CC(=O)C(C)(C)NP(=O)(NC(C)(C)C(C)=O)c1ccc(-c2nc(C)sc2C(=O)C(C)(C)C)o1. The fraction of sp³-hybridized carbons (Fsp3) is 0.565. The van der Waals surface area contributed by atoms with Crippen LogP contribution in [0.25, 0.3) is 11.5 Å². The second-order valence-electron chi connectivity index (χ2n) is 10.3. The molecule has 2 aromatic rings. The van der Waals surface area contributed by atoms with Crippen molar-refractivity contribution in [3.8, 4) is 11.5 Å². The van der Waals surface area contributed by atoms with Crippen LogP contribution in [-0.4, -0.2) is 33.4 Å². The lowest BCUT2D eigenvalue weighted by atomic mass is 9.89. The Kier molecular flexibility index (Phi) is 7.47. The van der Waals surface area contributed by atoms with Gasteiger partial charge in [0.15, 0.2) is 17.0 Å². The summed E-state index contributed by atoms with van der Waals surface area (Å²) < 4.78 is 20.2. The maximum absolute atomic E-state index is 14.2. The number of Topliss-reactive ketones (excluding diaryl/α,β-unsaturated/α-hetero) is 3.